The molecule has 1 unspecified atom stereocenters. The number of thioether (sulfide) groups is 1. The van der Waals surface area contributed by atoms with Crippen molar-refractivity contribution in [3.05, 3.63) is 82.8 Å². The van der Waals surface area contributed by atoms with Gasteiger partial charge in [-0.3, -0.25) is 14.7 Å². The lowest BCUT2D eigenvalue weighted by molar-refractivity contribution is -0.115. The van der Waals surface area contributed by atoms with Gasteiger partial charge in [0.15, 0.2) is 5.16 Å². The molecule has 0 fully saturated rings. The lowest BCUT2D eigenvalue weighted by Gasteiger charge is -2.15. The highest BCUT2D eigenvalue weighted by atomic mass is 32.2. The second-order valence-electron chi connectivity index (χ2n) is 7.77. The molecule has 0 aliphatic heterocycles. The Labute approximate surface area is 191 Å². The number of hydrogen-bond donors (Lipinski definition) is 1. The van der Waals surface area contributed by atoms with Crippen LogP contribution < -0.4 is 5.32 Å². The summed E-state index contributed by atoms with van der Waals surface area (Å²) in [6, 6.07) is 18.1. The number of benzene rings is 2. The summed E-state index contributed by atoms with van der Waals surface area (Å²) >= 11 is 1.36. The first-order chi connectivity index (χ1) is 15.4. The van der Waals surface area contributed by atoms with Gasteiger partial charge in [0.2, 0.25) is 11.8 Å². The first-order valence-corrected chi connectivity index (χ1v) is 11.3. The van der Waals surface area contributed by atoms with E-state index in [-0.39, 0.29) is 5.91 Å². The molecule has 0 aliphatic rings. The predicted octanol–water partition coefficient (Wildman–Crippen LogP) is 4.89. The van der Waals surface area contributed by atoms with E-state index >= 15 is 0 Å². The second kappa shape index (κ2) is 9.40. The fourth-order valence-corrected chi connectivity index (χ4v) is 4.30. The van der Waals surface area contributed by atoms with Crippen molar-refractivity contribution in [1.29, 1.82) is 0 Å². The van der Waals surface area contributed by atoms with Crippen molar-refractivity contribution in [2.24, 2.45) is 0 Å². The zero-order valence-electron chi connectivity index (χ0n) is 18.5. The van der Waals surface area contributed by atoms with Crippen LogP contribution in [0.15, 0.2) is 64.3 Å². The van der Waals surface area contributed by atoms with Gasteiger partial charge in [0.1, 0.15) is 5.82 Å². The van der Waals surface area contributed by atoms with Crippen LogP contribution in [0, 0.1) is 20.8 Å². The molecule has 8 heteroatoms. The van der Waals surface area contributed by atoms with Crippen LogP contribution in [0.1, 0.15) is 35.1 Å². The summed E-state index contributed by atoms with van der Waals surface area (Å²) in [5, 5.41) is 15.7. The Kier molecular flexibility index (Phi) is 6.41. The zero-order valence-corrected chi connectivity index (χ0v) is 19.3. The van der Waals surface area contributed by atoms with Crippen molar-refractivity contribution in [2.75, 3.05) is 5.32 Å². The molecular formula is C24H25N5O2S. The topological polar surface area (TPSA) is 85.8 Å². The number of aromatic nitrogens is 4. The summed E-state index contributed by atoms with van der Waals surface area (Å²) in [5.74, 6) is 0.968. The second-order valence-corrected chi connectivity index (χ2v) is 9.08. The summed E-state index contributed by atoms with van der Waals surface area (Å²) in [6.45, 7) is 7.78. The summed E-state index contributed by atoms with van der Waals surface area (Å²) < 4.78 is 7.15. The van der Waals surface area contributed by atoms with Crippen molar-refractivity contribution in [3.63, 3.8) is 0 Å². The predicted molar refractivity (Wildman–Crippen MR) is 125 cm³/mol. The molecule has 4 rings (SSSR count). The molecule has 7 nitrogen and oxygen atoms in total. The normalized spacial score (nSPS) is 12.0. The summed E-state index contributed by atoms with van der Waals surface area (Å²) in [6.07, 6.45) is 0.639. The van der Waals surface area contributed by atoms with Gasteiger partial charge >= 0.3 is 0 Å². The van der Waals surface area contributed by atoms with Crippen LogP contribution in [-0.2, 0) is 11.2 Å². The Morgan fingerprint density at radius 1 is 1.09 bits per heavy atom. The minimum atomic E-state index is -0.418. The van der Waals surface area contributed by atoms with Crippen LogP contribution in [0.25, 0.3) is 5.69 Å². The molecule has 0 bridgehead atoms. The van der Waals surface area contributed by atoms with Gasteiger partial charge in [-0.2, -0.15) is 0 Å². The average Bonchev–Trinajstić information content (AvgIpc) is 3.34. The third kappa shape index (κ3) is 4.91. The highest BCUT2D eigenvalue weighted by Gasteiger charge is 2.23. The molecule has 2 heterocycles. The highest BCUT2D eigenvalue weighted by Crippen LogP contribution is 2.29. The molecule has 32 heavy (non-hydrogen) atoms. The molecule has 2 aromatic heterocycles. The molecule has 164 valence electrons. The van der Waals surface area contributed by atoms with Crippen molar-refractivity contribution in [1.82, 2.24) is 19.9 Å². The summed E-state index contributed by atoms with van der Waals surface area (Å²) in [7, 11) is 0. The Bertz CT molecular complexity index is 1230. The van der Waals surface area contributed by atoms with Gasteiger partial charge in [0, 0.05) is 12.5 Å². The van der Waals surface area contributed by atoms with Gasteiger partial charge in [-0.25, -0.2) is 0 Å². The molecule has 0 aliphatic carbocycles. The van der Waals surface area contributed by atoms with Crippen molar-refractivity contribution in [2.45, 2.75) is 44.5 Å². The van der Waals surface area contributed by atoms with Gasteiger partial charge in [-0.05, 0) is 44.9 Å². The quantitative estimate of drug-likeness (QED) is 0.406. The van der Waals surface area contributed by atoms with Crippen LogP contribution in [0.5, 0.6) is 0 Å². The first kappa shape index (κ1) is 21.8. The van der Waals surface area contributed by atoms with Crippen LogP contribution in [0.3, 0.4) is 0 Å². The van der Waals surface area contributed by atoms with E-state index in [1.165, 1.54) is 17.3 Å². The monoisotopic (exact) mass is 447 g/mol. The lowest BCUT2D eigenvalue weighted by Crippen LogP contribution is -2.22. The number of carbonyl (C=O) groups is 1. The SMILES string of the molecule is Cc1ccc(-n2c(Cc3ccccc3)nnc2SC(C)C(=O)Nc2cc(C)no2)c(C)c1. The van der Waals surface area contributed by atoms with E-state index in [4.69, 9.17) is 4.52 Å². The first-order valence-electron chi connectivity index (χ1n) is 10.4. The van der Waals surface area contributed by atoms with Crippen LogP contribution in [-0.4, -0.2) is 31.1 Å². The number of rotatable bonds is 7. The fraction of sp³-hybridized carbons (Fsp3) is 0.250. The van der Waals surface area contributed by atoms with Gasteiger partial charge in [0.05, 0.1) is 16.6 Å². The van der Waals surface area contributed by atoms with E-state index in [1.807, 2.05) is 25.1 Å². The largest absolute Gasteiger partial charge is 0.338 e. The van der Waals surface area contributed by atoms with Gasteiger partial charge in [0.25, 0.3) is 0 Å². The zero-order chi connectivity index (χ0) is 22.7. The summed E-state index contributed by atoms with van der Waals surface area (Å²) in [5.41, 5.74) is 5.17. The number of hydrogen-bond acceptors (Lipinski definition) is 6. The summed E-state index contributed by atoms with van der Waals surface area (Å²) in [4.78, 5) is 12.7. The van der Waals surface area contributed by atoms with Crippen LogP contribution in [0.4, 0.5) is 5.88 Å². The van der Waals surface area contributed by atoms with E-state index in [2.05, 4.69) is 69.4 Å². The third-order valence-corrected chi connectivity index (χ3v) is 6.07. The van der Waals surface area contributed by atoms with E-state index < -0.39 is 5.25 Å². The molecule has 2 aromatic carbocycles. The molecule has 1 N–H and O–H groups in total. The molecular weight excluding hydrogens is 422 g/mol. The molecule has 1 atom stereocenters. The molecule has 1 amide bonds. The third-order valence-electron chi connectivity index (χ3n) is 5.02. The number of nitrogens with zero attached hydrogens (tertiary/aromatic N) is 4. The number of nitrogens with one attached hydrogen (secondary N) is 1. The van der Waals surface area contributed by atoms with Crippen molar-refractivity contribution >= 4 is 23.6 Å². The molecule has 0 spiro atoms. The number of anilines is 1. The van der Waals surface area contributed by atoms with Crippen molar-refractivity contribution < 1.29 is 9.32 Å². The number of amides is 1. The van der Waals surface area contributed by atoms with Crippen LogP contribution in [0.2, 0.25) is 0 Å². The van der Waals surface area contributed by atoms with E-state index in [1.54, 1.807) is 13.0 Å². The maximum absolute atomic E-state index is 12.7. The van der Waals surface area contributed by atoms with Crippen molar-refractivity contribution in [3.8, 4) is 5.69 Å². The van der Waals surface area contributed by atoms with Gasteiger partial charge in [-0.15, -0.1) is 10.2 Å². The number of carbonyl (C=O) groups excluding carboxylic acids is 1. The molecule has 4 aromatic rings. The standard InChI is InChI=1S/C24H25N5O2S/c1-15-10-11-20(16(2)12-15)29-21(14-19-8-6-5-7-9-19)26-27-24(29)32-18(4)23(30)25-22-13-17(3)28-31-22/h5-13,18H,14H2,1-4H3,(H,25,30). The Morgan fingerprint density at radius 2 is 1.88 bits per heavy atom. The number of aryl methyl sites for hydroxylation is 3. The minimum Gasteiger partial charge on any atom is -0.338 e. The maximum Gasteiger partial charge on any atom is 0.240 e. The molecule has 0 saturated carbocycles. The minimum absolute atomic E-state index is 0.189. The Hall–Kier alpha value is -3.39. The van der Waals surface area contributed by atoms with Crippen LogP contribution >= 0.6 is 11.8 Å². The molecule has 0 saturated heterocycles. The van der Waals surface area contributed by atoms with E-state index in [9.17, 15) is 4.79 Å². The van der Waals surface area contributed by atoms with E-state index in [0.29, 0.717) is 23.2 Å². The maximum atomic E-state index is 12.7. The molecule has 0 radical (unpaired) electrons. The Morgan fingerprint density at radius 3 is 2.56 bits per heavy atom. The van der Waals surface area contributed by atoms with Gasteiger partial charge in [-0.1, -0.05) is 64.9 Å². The van der Waals surface area contributed by atoms with E-state index in [0.717, 1.165) is 22.6 Å². The smallest absolute Gasteiger partial charge is 0.240 e. The fourth-order valence-electron chi connectivity index (χ4n) is 3.43. The Balaban J connectivity index is 1.64. The average molecular weight is 448 g/mol. The lowest BCUT2D eigenvalue weighted by atomic mass is 10.1. The highest BCUT2D eigenvalue weighted by molar-refractivity contribution is 8.00. The van der Waals surface area contributed by atoms with Gasteiger partial charge < -0.3 is 4.52 Å².